The van der Waals surface area contributed by atoms with Crippen molar-refractivity contribution in [1.29, 1.82) is 0 Å². The molecule has 0 aliphatic carbocycles. The van der Waals surface area contributed by atoms with Gasteiger partial charge >= 0.3 is 0 Å². The molecule has 1 fully saturated rings. The summed E-state index contributed by atoms with van der Waals surface area (Å²) in [6, 6.07) is 6.10. The molecule has 1 aliphatic rings. The predicted molar refractivity (Wildman–Crippen MR) is 94.5 cm³/mol. The Morgan fingerprint density at radius 2 is 2.08 bits per heavy atom. The highest BCUT2D eigenvalue weighted by atomic mass is 19.1. The van der Waals surface area contributed by atoms with Crippen molar-refractivity contribution in [1.82, 2.24) is 14.8 Å². The summed E-state index contributed by atoms with van der Waals surface area (Å²) in [5.74, 6) is 0.391. The fourth-order valence-corrected chi connectivity index (χ4v) is 3.28. The molecule has 1 atom stereocenters. The molecule has 7 heteroatoms. The van der Waals surface area contributed by atoms with E-state index in [4.69, 9.17) is 9.15 Å². The van der Waals surface area contributed by atoms with E-state index in [1.807, 2.05) is 4.90 Å². The first-order valence-electron chi connectivity index (χ1n) is 8.96. The van der Waals surface area contributed by atoms with Gasteiger partial charge in [-0.1, -0.05) is 13.8 Å². The van der Waals surface area contributed by atoms with E-state index >= 15 is 0 Å². The van der Waals surface area contributed by atoms with E-state index in [9.17, 15) is 9.18 Å². The second-order valence-corrected chi connectivity index (χ2v) is 6.28. The number of rotatable bonds is 7. The molecule has 0 N–H and O–H groups in total. The SMILES string of the molecule is CCN(CC)C1CCN(C(=O)c2coc(COc3ccc(F)cc3)n2)C1. The smallest absolute Gasteiger partial charge is 0.275 e. The molecule has 1 unspecified atom stereocenters. The number of carbonyl (C=O) groups is 1. The van der Waals surface area contributed by atoms with E-state index in [-0.39, 0.29) is 18.3 Å². The number of oxazole rings is 1. The molecule has 3 rings (SSSR count). The summed E-state index contributed by atoms with van der Waals surface area (Å²) in [6.45, 7) is 7.78. The molecule has 0 saturated carbocycles. The van der Waals surface area contributed by atoms with Gasteiger partial charge in [0.2, 0.25) is 5.89 Å². The number of likely N-dealkylation sites (tertiary alicyclic amines) is 1. The third-order valence-electron chi connectivity index (χ3n) is 4.73. The third kappa shape index (κ3) is 4.22. The van der Waals surface area contributed by atoms with Crippen LogP contribution in [0.5, 0.6) is 5.75 Å². The lowest BCUT2D eigenvalue weighted by Gasteiger charge is -2.25. The van der Waals surface area contributed by atoms with Crippen molar-refractivity contribution in [3.8, 4) is 5.75 Å². The number of hydrogen-bond acceptors (Lipinski definition) is 5. The Hall–Kier alpha value is -2.41. The topological polar surface area (TPSA) is 58.8 Å². The van der Waals surface area contributed by atoms with Crippen LogP contribution >= 0.6 is 0 Å². The van der Waals surface area contributed by atoms with Crippen LogP contribution in [0.15, 0.2) is 34.9 Å². The third-order valence-corrected chi connectivity index (χ3v) is 4.73. The zero-order chi connectivity index (χ0) is 18.5. The second-order valence-electron chi connectivity index (χ2n) is 6.28. The fourth-order valence-electron chi connectivity index (χ4n) is 3.28. The average Bonchev–Trinajstić information content (AvgIpc) is 3.32. The van der Waals surface area contributed by atoms with Crippen molar-refractivity contribution in [3.63, 3.8) is 0 Å². The van der Waals surface area contributed by atoms with Gasteiger partial charge in [0.1, 0.15) is 17.8 Å². The normalized spacial score (nSPS) is 17.1. The lowest BCUT2D eigenvalue weighted by molar-refractivity contribution is 0.0772. The van der Waals surface area contributed by atoms with Crippen molar-refractivity contribution in [2.45, 2.75) is 32.9 Å². The number of carbonyl (C=O) groups excluding carboxylic acids is 1. The van der Waals surface area contributed by atoms with Gasteiger partial charge in [0.05, 0.1) is 0 Å². The molecular weight excluding hydrogens is 337 g/mol. The van der Waals surface area contributed by atoms with E-state index in [1.54, 1.807) is 0 Å². The minimum atomic E-state index is -0.324. The Labute approximate surface area is 152 Å². The monoisotopic (exact) mass is 361 g/mol. The molecule has 6 nitrogen and oxygen atoms in total. The van der Waals surface area contributed by atoms with Crippen LogP contribution in [0, 0.1) is 5.82 Å². The number of amides is 1. The molecule has 2 heterocycles. The zero-order valence-electron chi connectivity index (χ0n) is 15.2. The minimum Gasteiger partial charge on any atom is -0.484 e. The summed E-state index contributed by atoms with van der Waals surface area (Å²) in [7, 11) is 0. The molecular formula is C19H24FN3O3. The van der Waals surface area contributed by atoms with Crippen LogP contribution in [0.25, 0.3) is 0 Å². The molecule has 1 aromatic carbocycles. The van der Waals surface area contributed by atoms with Gasteiger partial charge in [-0.05, 0) is 43.8 Å². The summed E-state index contributed by atoms with van der Waals surface area (Å²) >= 11 is 0. The van der Waals surface area contributed by atoms with Gasteiger partial charge in [-0.15, -0.1) is 0 Å². The van der Waals surface area contributed by atoms with Crippen molar-refractivity contribution < 1.29 is 18.3 Å². The van der Waals surface area contributed by atoms with Gasteiger partial charge in [0, 0.05) is 19.1 Å². The van der Waals surface area contributed by atoms with Crippen molar-refractivity contribution in [2.24, 2.45) is 0 Å². The highest BCUT2D eigenvalue weighted by molar-refractivity contribution is 5.92. The first-order chi connectivity index (χ1) is 12.6. The van der Waals surface area contributed by atoms with Gasteiger partial charge in [0.15, 0.2) is 12.3 Å². The minimum absolute atomic E-state index is 0.0843. The highest BCUT2D eigenvalue weighted by Gasteiger charge is 2.30. The van der Waals surface area contributed by atoms with Crippen LogP contribution in [-0.2, 0) is 6.61 Å². The van der Waals surface area contributed by atoms with Gasteiger partial charge in [-0.2, -0.15) is 0 Å². The van der Waals surface area contributed by atoms with E-state index < -0.39 is 0 Å². The molecule has 2 aromatic rings. The van der Waals surface area contributed by atoms with Crippen molar-refractivity contribution in [2.75, 3.05) is 26.2 Å². The maximum atomic E-state index is 12.9. The Balaban J connectivity index is 1.55. The van der Waals surface area contributed by atoms with Gasteiger partial charge < -0.3 is 14.1 Å². The number of aromatic nitrogens is 1. The number of ether oxygens (including phenoxy) is 1. The van der Waals surface area contributed by atoms with Crippen LogP contribution < -0.4 is 4.74 Å². The van der Waals surface area contributed by atoms with Gasteiger partial charge in [-0.3, -0.25) is 9.69 Å². The number of hydrogen-bond donors (Lipinski definition) is 0. The molecule has 26 heavy (non-hydrogen) atoms. The molecule has 1 amide bonds. The summed E-state index contributed by atoms with van der Waals surface area (Å²) in [5, 5.41) is 0. The summed E-state index contributed by atoms with van der Waals surface area (Å²) in [6.07, 6.45) is 2.35. The summed E-state index contributed by atoms with van der Waals surface area (Å²) in [5.41, 5.74) is 0.294. The van der Waals surface area contributed by atoms with Crippen LogP contribution in [-0.4, -0.2) is 52.9 Å². The number of benzene rings is 1. The molecule has 1 saturated heterocycles. The number of likely N-dealkylation sites (N-methyl/N-ethyl adjacent to an activating group) is 1. The Morgan fingerprint density at radius 3 is 2.77 bits per heavy atom. The standard InChI is InChI=1S/C19H24FN3O3/c1-3-22(4-2)15-9-10-23(11-15)19(24)17-12-26-18(21-17)13-25-16-7-5-14(20)6-8-16/h5-8,12,15H,3-4,9-11,13H2,1-2H3. The fraction of sp³-hybridized carbons (Fsp3) is 0.474. The van der Waals surface area contributed by atoms with E-state index in [1.165, 1.54) is 30.5 Å². The van der Waals surface area contributed by atoms with Crippen LogP contribution in [0.3, 0.4) is 0 Å². The quantitative estimate of drug-likeness (QED) is 0.759. The summed E-state index contributed by atoms with van der Waals surface area (Å²) in [4.78, 5) is 21.0. The molecule has 1 aliphatic heterocycles. The number of nitrogens with zero attached hydrogens (tertiary/aromatic N) is 3. The Kier molecular flexibility index (Phi) is 5.88. The Morgan fingerprint density at radius 1 is 1.35 bits per heavy atom. The van der Waals surface area contributed by atoms with Gasteiger partial charge in [-0.25, -0.2) is 9.37 Å². The zero-order valence-corrected chi connectivity index (χ0v) is 15.2. The van der Waals surface area contributed by atoms with Crippen molar-refractivity contribution >= 4 is 5.91 Å². The molecule has 0 spiro atoms. The molecule has 0 radical (unpaired) electrons. The van der Waals surface area contributed by atoms with Crippen LogP contribution in [0.1, 0.15) is 36.6 Å². The second kappa shape index (κ2) is 8.31. The Bertz CT molecular complexity index is 728. The predicted octanol–water partition coefficient (Wildman–Crippen LogP) is 2.95. The summed E-state index contributed by atoms with van der Waals surface area (Å²) < 4.78 is 23.7. The molecule has 0 bridgehead atoms. The number of halogens is 1. The largest absolute Gasteiger partial charge is 0.484 e. The first-order valence-corrected chi connectivity index (χ1v) is 8.96. The maximum Gasteiger partial charge on any atom is 0.275 e. The van der Waals surface area contributed by atoms with E-state index in [2.05, 4.69) is 23.7 Å². The molecule has 1 aromatic heterocycles. The van der Waals surface area contributed by atoms with E-state index in [0.29, 0.717) is 23.4 Å². The van der Waals surface area contributed by atoms with Crippen molar-refractivity contribution in [3.05, 3.63) is 47.9 Å². The van der Waals surface area contributed by atoms with Gasteiger partial charge in [0.25, 0.3) is 5.91 Å². The maximum absolute atomic E-state index is 12.9. The molecule has 140 valence electrons. The lowest BCUT2D eigenvalue weighted by Crippen LogP contribution is -2.38. The lowest BCUT2D eigenvalue weighted by atomic mass is 10.2. The van der Waals surface area contributed by atoms with Crippen LogP contribution in [0.4, 0.5) is 4.39 Å². The van der Waals surface area contributed by atoms with E-state index in [0.717, 1.165) is 32.6 Å². The first kappa shape index (κ1) is 18.4. The highest BCUT2D eigenvalue weighted by Crippen LogP contribution is 2.19. The average molecular weight is 361 g/mol. The van der Waals surface area contributed by atoms with Crippen LogP contribution in [0.2, 0.25) is 0 Å².